The molecule has 3 N–H and O–H groups in total. The lowest BCUT2D eigenvalue weighted by Gasteiger charge is -2.32. The van der Waals surface area contributed by atoms with Crippen LogP contribution >= 0.6 is 0 Å². The first-order valence-electron chi connectivity index (χ1n) is 6.33. The third-order valence-corrected chi connectivity index (χ3v) is 3.35. The molecule has 0 unspecified atom stereocenters. The highest BCUT2D eigenvalue weighted by Crippen LogP contribution is 2.18. The summed E-state index contributed by atoms with van der Waals surface area (Å²) >= 11 is 0. The van der Waals surface area contributed by atoms with Crippen molar-refractivity contribution in [1.82, 2.24) is 9.88 Å². The van der Waals surface area contributed by atoms with Gasteiger partial charge in [0.05, 0.1) is 6.54 Å². The van der Waals surface area contributed by atoms with E-state index in [0.29, 0.717) is 12.6 Å². The first-order valence-corrected chi connectivity index (χ1v) is 6.33. The van der Waals surface area contributed by atoms with Gasteiger partial charge >= 0.3 is 0 Å². The minimum absolute atomic E-state index is 0.244. The van der Waals surface area contributed by atoms with E-state index < -0.39 is 0 Å². The average Bonchev–Trinajstić information content (AvgIpc) is 2.34. The van der Waals surface area contributed by atoms with Crippen molar-refractivity contribution in [2.24, 2.45) is 5.73 Å². The molecule has 98 valence electrons. The third-order valence-electron chi connectivity index (χ3n) is 3.35. The molecule has 2 rings (SSSR count). The van der Waals surface area contributed by atoms with E-state index >= 15 is 0 Å². The number of nitrogens with two attached hydrogens (primary N) is 1. The van der Waals surface area contributed by atoms with Gasteiger partial charge in [-0.05, 0) is 31.4 Å². The van der Waals surface area contributed by atoms with Crippen LogP contribution in [0.15, 0.2) is 18.5 Å². The molecule has 5 nitrogen and oxygen atoms in total. The maximum atomic E-state index is 10.8. The number of likely N-dealkylation sites (tertiary alicyclic amines) is 1. The van der Waals surface area contributed by atoms with Crippen molar-refractivity contribution < 1.29 is 4.79 Å². The van der Waals surface area contributed by atoms with Crippen LogP contribution in [-0.4, -0.2) is 41.5 Å². The number of nitrogens with one attached hydrogen (secondary N) is 1. The zero-order valence-corrected chi connectivity index (χ0v) is 10.7. The predicted octanol–water partition coefficient (Wildman–Crippen LogP) is 0.752. The van der Waals surface area contributed by atoms with Crippen LogP contribution in [-0.2, 0) is 4.79 Å². The summed E-state index contributed by atoms with van der Waals surface area (Å²) in [6, 6.07) is 2.47. The second-order valence-corrected chi connectivity index (χ2v) is 4.85. The molecule has 1 aliphatic heterocycles. The van der Waals surface area contributed by atoms with Crippen LogP contribution in [0.25, 0.3) is 0 Å². The normalized spacial score (nSPS) is 17.6. The molecule has 0 radical (unpaired) electrons. The largest absolute Gasteiger partial charge is 0.382 e. The number of aromatic nitrogens is 1. The minimum Gasteiger partial charge on any atom is -0.382 e. The Morgan fingerprint density at radius 1 is 1.56 bits per heavy atom. The number of primary amides is 1. The summed E-state index contributed by atoms with van der Waals surface area (Å²) in [5, 5.41) is 3.54. The fourth-order valence-corrected chi connectivity index (χ4v) is 2.31. The molecule has 0 spiro atoms. The van der Waals surface area contributed by atoms with E-state index in [2.05, 4.69) is 22.1 Å². The number of rotatable bonds is 4. The highest BCUT2D eigenvalue weighted by Gasteiger charge is 2.20. The number of pyridine rings is 1. The van der Waals surface area contributed by atoms with Crippen molar-refractivity contribution in [2.75, 3.05) is 25.0 Å². The summed E-state index contributed by atoms with van der Waals surface area (Å²) in [6.45, 7) is 4.27. The van der Waals surface area contributed by atoms with E-state index in [0.717, 1.165) is 37.2 Å². The van der Waals surface area contributed by atoms with Gasteiger partial charge in [-0.3, -0.25) is 14.7 Å². The molecule has 1 fully saturated rings. The quantitative estimate of drug-likeness (QED) is 0.825. The number of hydrogen-bond acceptors (Lipinski definition) is 4. The van der Waals surface area contributed by atoms with Crippen molar-refractivity contribution in [3.8, 4) is 0 Å². The second kappa shape index (κ2) is 5.82. The van der Waals surface area contributed by atoms with Crippen molar-refractivity contribution >= 4 is 11.6 Å². The van der Waals surface area contributed by atoms with Gasteiger partial charge in [0.1, 0.15) is 0 Å². The Morgan fingerprint density at radius 3 is 2.89 bits per heavy atom. The van der Waals surface area contributed by atoms with E-state index in [-0.39, 0.29) is 5.91 Å². The standard InChI is InChI=1S/C13H20N4O/c1-10-8-15-5-2-12(10)16-11-3-6-17(7-4-11)9-13(14)18/h2,5,8,11H,3-4,6-7,9H2,1H3,(H2,14,18)(H,15,16). The summed E-state index contributed by atoms with van der Waals surface area (Å²) in [5.41, 5.74) is 7.51. The number of hydrogen-bond donors (Lipinski definition) is 2. The van der Waals surface area contributed by atoms with Gasteiger partial charge < -0.3 is 11.1 Å². The zero-order valence-electron chi connectivity index (χ0n) is 10.7. The van der Waals surface area contributed by atoms with Crippen molar-refractivity contribution in [3.05, 3.63) is 24.0 Å². The second-order valence-electron chi connectivity index (χ2n) is 4.85. The lowest BCUT2D eigenvalue weighted by atomic mass is 10.0. The topological polar surface area (TPSA) is 71.2 Å². The van der Waals surface area contributed by atoms with Crippen LogP contribution in [0.1, 0.15) is 18.4 Å². The Kier molecular flexibility index (Phi) is 4.15. The van der Waals surface area contributed by atoms with Crippen molar-refractivity contribution in [3.63, 3.8) is 0 Å². The molecule has 2 heterocycles. The fourth-order valence-electron chi connectivity index (χ4n) is 2.31. The molecule has 1 aliphatic rings. The molecule has 0 aliphatic carbocycles. The van der Waals surface area contributed by atoms with Crippen LogP contribution < -0.4 is 11.1 Å². The fraction of sp³-hybridized carbons (Fsp3) is 0.538. The molecule has 0 aromatic carbocycles. The molecule has 1 aromatic rings. The number of anilines is 1. The highest BCUT2D eigenvalue weighted by atomic mass is 16.1. The van der Waals surface area contributed by atoms with Crippen molar-refractivity contribution in [1.29, 1.82) is 0 Å². The van der Waals surface area contributed by atoms with E-state index in [9.17, 15) is 4.79 Å². The Labute approximate surface area is 107 Å². The minimum atomic E-state index is -0.244. The van der Waals surface area contributed by atoms with E-state index in [1.807, 2.05) is 12.3 Å². The summed E-state index contributed by atoms with van der Waals surface area (Å²) in [5.74, 6) is -0.244. The van der Waals surface area contributed by atoms with Gasteiger partial charge in [0.25, 0.3) is 0 Å². The summed E-state index contributed by atoms with van der Waals surface area (Å²) in [7, 11) is 0. The number of nitrogens with zero attached hydrogens (tertiary/aromatic N) is 2. The van der Waals surface area contributed by atoms with Gasteiger partial charge in [0.15, 0.2) is 0 Å². The zero-order chi connectivity index (χ0) is 13.0. The molecule has 1 saturated heterocycles. The van der Waals surface area contributed by atoms with Gasteiger partial charge in [-0.1, -0.05) is 0 Å². The average molecular weight is 248 g/mol. The lowest BCUT2D eigenvalue weighted by Crippen LogP contribution is -2.43. The van der Waals surface area contributed by atoms with Gasteiger partial charge in [-0.2, -0.15) is 0 Å². The molecular weight excluding hydrogens is 228 g/mol. The van der Waals surface area contributed by atoms with Gasteiger partial charge in [0, 0.05) is 37.2 Å². The molecule has 1 amide bonds. The van der Waals surface area contributed by atoms with E-state index in [1.54, 1.807) is 6.20 Å². The number of carbonyl (C=O) groups excluding carboxylic acids is 1. The van der Waals surface area contributed by atoms with Gasteiger partial charge in [-0.25, -0.2) is 0 Å². The first-order chi connectivity index (χ1) is 8.65. The smallest absolute Gasteiger partial charge is 0.231 e. The van der Waals surface area contributed by atoms with E-state index in [1.165, 1.54) is 0 Å². The molecule has 0 bridgehead atoms. The SMILES string of the molecule is Cc1cnccc1NC1CCN(CC(N)=O)CC1. The number of aryl methyl sites for hydroxylation is 1. The number of carbonyl (C=O) groups is 1. The maximum Gasteiger partial charge on any atom is 0.231 e. The Balaban J connectivity index is 1.84. The lowest BCUT2D eigenvalue weighted by molar-refractivity contribution is -0.119. The molecule has 1 aromatic heterocycles. The number of piperidine rings is 1. The Bertz CT molecular complexity index is 413. The van der Waals surface area contributed by atoms with Crippen LogP contribution in [0.2, 0.25) is 0 Å². The van der Waals surface area contributed by atoms with Crippen LogP contribution in [0.3, 0.4) is 0 Å². The Hall–Kier alpha value is -1.62. The predicted molar refractivity (Wildman–Crippen MR) is 71.3 cm³/mol. The molecule has 0 saturated carbocycles. The highest BCUT2D eigenvalue weighted by molar-refractivity contribution is 5.75. The molecule has 0 atom stereocenters. The monoisotopic (exact) mass is 248 g/mol. The van der Waals surface area contributed by atoms with E-state index in [4.69, 9.17) is 5.73 Å². The summed E-state index contributed by atoms with van der Waals surface area (Å²) in [4.78, 5) is 17.0. The summed E-state index contributed by atoms with van der Waals surface area (Å²) in [6.07, 6.45) is 5.74. The Morgan fingerprint density at radius 2 is 2.28 bits per heavy atom. The first kappa shape index (κ1) is 12.8. The van der Waals surface area contributed by atoms with Crippen LogP contribution in [0, 0.1) is 6.92 Å². The molecule has 5 heteroatoms. The van der Waals surface area contributed by atoms with Gasteiger partial charge in [0.2, 0.25) is 5.91 Å². The van der Waals surface area contributed by atoms with Gasteiger partial charge in [-0.15, -0.1) is 0 Å². The third kappa shape index (κ3) is 3.43. The number of amides is 1. The molecular formula is C13H20N4O. The summed E-state index contributed by atoms with van der Waals surface area (Å²) < 4.78 is 0. The molecule has 18 heavy (non-hydrogen) atoms. The van der Waals surface area contributed by atoms with Crippen LogP contribution in [0.5, 0.6) is 0 Å². The van der Waals surface area contributed by atoms with Crippen molar-refractivity contribution in [2.45, 2.75) is 25.8 Å². The maximum absolute atomic E-state index is 10.8. The van der Waals surface area contributed by atoms with Crippen LogP contribution in [0.4, 0.5) is 5.69 Å².